The summed E-state index contributed by atoms with van der Waals surface area (Å²) in [4.78, 5) is 28.5. The van der Waals surface area contributed by atoms with E-state index in [1.165, 1.54) is 30.3 Å². The van der Waals surface area contributed by atoms with E-state index in [1.54, 1.807) is 39.0 Å². The summed E-state index contributed by atoms with van der Waals surface area (Å²) in [7, 11) is 0. The van der Waals surface area contributed by atoms with E-state index in [9.17, 15) is 27.9 Å². The zero-order chi connectivity index (χ0) is 23.6. The van der Waals surface area contributed by atoms with Crippen LogP contribution in [0.25, 0.3) is 11.3 Å². The molecule has 166 valence electrons. The van der Waals surface area contributed by atoms with E-state index in [2.05, 4.69) is 15.0 Å². The van der Waals surface area contributed by atoms with Crippen molar-refractivity contribution in [1.29, 1.82) is 0 Å². The van der Waals surface area contributed by atoms with Crippen molar-refractivity contribution in [1.82, 2.24) is 4.98 Å². The molecular formula is C23H19F3N2O4. The fourth-order valence-electron chi connectivity index (χ4n) is 3.23. The number of carbonyl (C=O) groups is 2. The first-order valence-corrected chi connectivity index (χ1v) is 9.44. The number of alkyl halides is 3. The number of rotatable bonds is 5. The highest BCUT2D eigenvalue weighted by Gasteiger charge is 2.31. The minimum atomic E-state index is -4.82. The zero-order valence-electron chi connectivity index (χ0n) is 17.4. The lowest BCUT2D eigenvalue weighted by atomic mass is 10.0. The highest BCUT2D eigenvalue weighted by molar-refractivity contribution is 6.05. The predicted molar refractivity (Wildman–Crippen MR) is 112 cm³/mol. The molecule has 0 saturated carbocycles. The Morgan fingerprint density at radius 2 is 1.62 bits per heavy atom. The molecule has 3 aromatic rings. The first-order valence-electron chi connectivity index (χ1n) is 9.44. The molecule has 0 radical (unpaired) electrons. The second-order valence-corrected chi connectivity index (χ2v) is 7.18. The van der Waals surface area contributed by atoms with Gasteiger partial charge in [-0.2, -0.15) is 0 Å². The first-order chi connectivity index (χ1) is 14.9. The molecule has 6 nitrogen and oxygen atoms in total. The number of hydrogen-bond acceptors (Lipinski definition) is 4. The molecule has 3 rings (SSSR count). The molecule has 0 fully saturated rings. The lowest BCUT2D eigenvalue weighted by Gasteiger charge is -2.14. The molecule has 2 aromatic carbocycles. The van der Waals surface area contributed by atoms with Crippen molar-refractivity contribution >= 4 is 17.6 Å². The lowest BCUT2D eigenvalue weighted by molar-refractivity contribution is -0.274. The number of aryl methyl sites for hydroxylation is 3. The molecule has 0 atom stereocenters. The smallest absolute Gasteiger partial charge is 0.478 e. The average Bonchev–Trinajstić information content (AvgIpc) is 2.69. The molecule has 0 aliphatic rings. The third-order valence-corrected chi connectivity index (χ3v) is 4.69. The molecule has 0 unspecified atom stereocenters. The molecule has 0 aliphatic heterocycles. The molecule has 2 N–H and O–H groups in total. The molecule has 9 heteroatoms. The van der Waals surface area contributed by atoms with Crippen LogP contribution in [-0.2, 0) is 0 Å². The normalized spacial score (nSPS) is 11.2. The molecule has 32 heavy (non-hydrogen) atoms. The molecular weight excluding hydrogens is 425 g/mol. The molecule has 0 aliphatic carbocycles. The number of nitrogens with zero attached hydrogens (tertiary/aromatic N) is 1. The van der Waals surface area contributed by atoms with Gasteiger partial charge in [-0.05, 0) is 67.8 Å². The SMILES string of the molecule is Cc1ccc(-c2cccc(OC(F)(F)F)c2)nc1C(=O)Nc1c(C)cc(C(=O)O)cc1C. The Morgan fingerprint density at radius 3 is 2.22 bits per heavy atom. The van der Waals surface area contributed by atoms with Crippen LogP contribution in [0.3, 0.4) is 0 Å². The number of anilines is 1. The second kappa shape index (κ2) is 8.70. The Balaban J connectivity index is 1.92. The summed E-state index contributed by atoms with van der Waals surface area (Å²) < 4.78 is 41.5. The summed E-state index contributed by atoms with van der Waals surface area (Å²) >= 11 is 0. The van der Waals surface area contributed by atoms with Gasteiger partial charge in [-0.1, -0.05) is 18.2 Å². The van der Waals surface area contributed by atoms with Gasteiger partial charge in [0.25, 0.3) is 5.91 Å². The van der Waals surface area contributed by atoms with Gasteiger partial charge in [-0.15, -0.1) is 13.2 Å². The summed E-state index contributed by atoms with van der Waals surface area (Å²) in [6, 6.07) is 11.5. The first kappa shape index (κ1) is 22.8. The van der Waals surface area contributed by atoms with Crippen molar-refractivity contribution in [2.45, 2.75) is 27.1 Å². The maximum absolute atomic E-state index is 12.9. The predicted octanol–water partition coefficient (Wildman–Crippen LogP) is 5.52. The monoisotopic (exact) mass is 444 g/mol. The van der Waals surface area contributed by atoms with Crippen LogP contribution >= 0.6 is 0 Å². The fraction of sp³-hybridized carbons (Fsp3) is 0.174. The maximum Gasteiger partial charge on any atom is 0.573 e. The zero-order valence-corrected chi connectivity index (χ0v) is 17.4. The van der Waals surface area contributed by atoms with Gasteiger partial charge < -0.3 is 15.2 Å². The molecule has 1 amide bonds. The van der Waals surface area contributed by atoms with Gasteiger partial charge in [0.15, 0.2) is 0 Å². The Bertz CT molecular complexity index is 1180. The molecule has 1 heterocycles. The third kappa shape index (κ3) is 5.23. The van der Waals surface area contributed by atoms with E-state index in [0.29, 0.717) is 33.6 Å². The van der Waals surface area contributed by atoms with E-state index >= 15 is 0 Å². The number of amides is 1. The van der Waals surface area contributed by atoms with Gasteiger partial charge in [-0.25, -0.2) is 9.78 Å². The Labute approximate surface area is 181 Å². The van der Waals surface area contributed by atoms with Gasteiger partial charge in [0.2, 0.25) is 0 Å². The largest absolute Gasteiger partial charge is 0.573 e. The van der Waals surface area contributed by atoms with Crippen LogP contribution in [0, 0.1) is 20.8 Å². The number of carboxylic acid groups (broad SMARTS) is 1. The average molecular weight is 444 g/mol. The van der Waals surface area contributed by atoms with Crippen LogP contribution in [0.5, 0.6) is 5.75 Å². The Morgan fingerprint density at radius 1 is 0.969 bits per heavy atom. The number of aromatic nitrogens is 1. The Hall–Kier alpha value is -3.88. The number of nitrogens with one attached hydrogen (secondary N) is 1. The number of carbonyl (C=O) groups excluding carboxylic acids is 1. The van der Waals surface area contributed by atoms with Crippen molar-refractivity contribution in [2.24, 2.45) is 0 Å². The number of ether oxygens (including phenoxy) is 1. The van der Waals surface area contributed by atoms with E-state index < -0.39 is 24.0 Å². The molecule has 0 saturated heterocycles. The summed E-state index contributed by atoms with van der Waals surface area (Å²) in [5, 5.41) is 11.9. The van der Waals surface area contributed by atoms with E-state index in [0.717, 1.165) is 0 Å². The summed E-state index contributed by atoms with van der Waals surface area (Å²) in [6.07, 6.45) is -4.82. The number of aromatic carboxylic acids is 1. The summed E-state index contributed by atoms with van der Waals surface area (Å²) in [5.74, 6) is -1.99. The molecule has 0 bridgehead atoms. The minimum absolute atomic E-state index is 0.0887. The van der Waals surface area contributed by atoms with Gasteiger partial charge in [0.1, 0.15) is 11.4 Å². The van der Waals surface area contributed by atoms with Crippen LogP contribution in [0.2, 0.25) is 0 Å². The van der Waals surface area contributed by atoms with Crippen molar-refractivity contribution < 1.29 is 32.6 Å². The van der Waals surface area contributed by atoms with Crippen molar-refractivity contribution in [2.75, 3.05) is 5.32 Å². The van der Waals surface area contributed by atoms with Crippen molar-refractivity contribution in [3.05, 3.63) is 76.5 Å². The van der Waals surface area contributed by atoms with Crippen LogP contribution in [0.4, 0.5) is 18.9 Å². The maximum atomic E-state index is 12.9. The molecule has 0 spiro atoms. The number of hydrogen-bond donors (Lipinski definition) is 2. The van der Waals surface area contributed by atoms with Gasteiger partial charge in [0, 0.05) is 11.3 Å². The van der Waals surface area contributed by atoms with E-state index in [4.69, 9.17) is 0 Å². The minimum Gasteiger partial charge on any atom is -0.478 e. The lowest BCUT2D eigenvalue weighted by Crippen LogP contribution is -2.18. The van der Waals surface area contributed by atoms with Crippen LogP contribution < -0.4 is 10.1 Å². The standard InChI is InChI=1S/C23H19F3N2O4/c1-12-7-8-18(15-5-4-6-17(11-15)32-23(24,25)26)27-20(12)21(29)28-19-13(2)9-16(22(30)31)10-14(19)3/h4-11H,1-3H3,(H,28,29)(H,30,31). The topological polar surface area (TPSA) is 88.5 Å². The van der Waals surface area contributed by atoms with Crippen molar-refractivity contribution in [3.8, 4) is 17.0 Å². The summed E-state index contributed by atoms with van der Waals surface area (Å²) in [5.41, 5.74) is 3.00. The third-order valence-electron chi connectivity index (χ3n) is 4.69. The van der Waals surface area contributed by atoms with E-state index in [1.807, 2.05) is 0 Å². The van der Waals surface area contributed by atoms with E-state index in [-0.39, 0.29) is 11.3 Å². The quantitative estimate of drug-likeness (QED) is 0.541. The second-order valence-electron chi connectivity index (χ2n) is 7.18. The van der Waals surface area contributed by atoms with Gasteiger partial charge >= 0.3 is 12.3 Å². The fourth-order valence-corrected chi connectivity index (χ4v) is 3.23. The number of carboxylic acids is 1. The van der Waals surface area contributed by atoms with Gasteiger partial charge in [-0.3, -0.25) is 4.79 Å². The Kier molecular flexibility index (Phi) is 6.20. The highest BCUT2D eigenvalue weighted by atomic mass is 19.4. The van der Waals surface area contributed by atoms with Crippen LogP contribution in [-0.4, -0.2) is 28.3 Å². The number of pyridine rings is 1. The number of benzene rings is 2. The molecule has 1 aromatic heterocycles. The van der Waals surface area contributed by atoms with Crippen LogP contribution in [0.1, 0.15) is 37.5 Å². The van der Waals surface area contributed by atoms with Crippen molar-refractivity contribution in [3.63, 3.8) is 0 Å². The highest BCUT2D eigenvalue weighted by Crippen LogP contribution is 2.28. The number of halogens is 3. The van der Waals surface area contributed by atoms with Gasteiger partial charge in [0.05, 0.1) is 11.3 Å². The summed E-state index contributed by atoms with van der Waals surface area (Å²) in [6.45, 7) is 5.04. The van der Waals surface area contributed by atoms with Crippen LogP contribution in [0.15, 0.2) is 48.5 Å².